The zero-order valence-corrected chi connectivity index (χ0v) is 12.9. The Morgan fingerprint density at radius 1 is 1.38 bits per heavy atom. The first-order chi connectivity index (χ1) is 10.2. The minimum absolute atomic E-state index is 0.326. The number of aryl methyl sites for hydroxylation is 1. The highest BCUT2D eigenvalue weighted by molar-refractivity contribution is 5.12. The van der Waals surface area contributed by atoms with Crippen LogP contribution in [0.4, 0.5) is 0 Å². The molecule has 0 amide bonds. The van der Waals surface area contributed by atoms with Crippen LogP contribution in [0.2, 0.25) is 0 Å². The van der Waals surface area contributed by atoms with Crippen LogP contribution in [0.25, 0.3) is 0 Å². The van der Waals surface area contributed by atoms with E-state index in [2.05, 4.69) is 21.2 Å². The highest BCUT2D eigenvalue weighted by Crippen LogP contribution is 2.34. The van der Waals surface area contributed by atoms with Crippen LogP contribution in [0.3, 0.4) is 0 Å². The topological polar surface area (TPSA) is 56.3 Å². The van der Waals surface area contributed by atoms with Gasteiger partial charge < -0.3 is 13.7 Å². The Hall–Kier alpha value is -1.66. The van der Waals surface area contributed by atoms with Gasteiger partial charge in [-0.05, 0) is 38.4 Å². The molecular formula is C15H22N4O2. The van der Waals surface area contributed by atoms with Crippen molar-refractivity contribution in [2.45, 2.75) is 39.0 Å². The van der Waals surface area contributed by atoms with Gasteiger partial charge in [0.05, 0.1) is 12.6 Å². The fourth-order valence-electron chi connectivity index (χ4n) is 2.90. The molecule has 1 aliphatic rings. The van der Waals surface area contributed by atoms with E-state index in [1.54, 1.807) is 7.11 Å². The van der Waals surface area contributed by atoms with Crippen LogP contribution >= 0.6 is 0 Å². The summed E-state index contributed by atoms with van der Waals surface area (Å²) in [5, 5.41) is 8.39. The molecule has 6 nitrogen and oxygen atoms in total. The number of hydrogen-bond acceptors (Lipinski definition) is 5. The third-order valence-electron chi connectivity index (χ3n) is 4.19. The third kappa shape index (κ3) is 2.87. The Morgan fingerprint density at radius 3 is 2.95 bits per heavy atom. The van der Waals surface area contributed by atoms with Gasteiger partial charge in [0.25, 0.3) is 0 Å². The normalized spacial score (nSPS) is 19.5. The number of hydrogen-bond donors (Lipinski definition) is 0. The summed E-state index contributed by atoms with van der Waals surface area (Å²) in [6.45, 7) is 4.37. The van der Waals surface area contributed by atoms with E-state index >= 15 is 0 Å². The summed E-state index contributed by atoms with van der Waals surface area (Å²) < 4.78 is 13.1. The average Bonchev–Trinajstić information content (AvgIpc) is 3.16. The molecule has 1 unspecified atom stereocenters. The van der Waals surface area contributed by atoms with Crippen LogP contribution in [0, 0.1) is 6.92 Å². The molecule has 3 heterocycles. The summed E-state index contributed by atoms with van der Waals surface area (Å²) in [4.78, 5) is 2.42. The molecule has 0 bridgehead atoms. The Morgan fingerprint density at radius 2 is 2.24 bits per heavy atom. The lowest BCUT2D eigenvalue weighted by atomic mass is 10.1. The van der Waals surface area contributed by atoms with Crippen molar-refractivity contribution in [2.24, 2.45) is 7.05 Å². The standard InChI is InChI=1S/C15H22N4O2/c1-11-16-17-15(18(11)2)9-19-8-4-5-13(19)14-7-6-12(21-14)10-20-3/h6-7,13H,4-5,8-10H2,1-3H3. The lowest BCUT2D eigenvalue weighted by molar-refractivity contribution is 0.155. The van der Waals surface area contributed by atoms with E-state index in [1.807, 2.05) is 24.6 Å². The van der Waals surface area contributed by atoms with Gasteiger partial charge in [-0.2, -0.15) is 0 Å². The molecule has 1 atom stereocenters. The molecule has 3 rings (SSSR count). The molecule has 6 heteroatoms. The monoisotopic (exact) mass is 290 g/mol. The first-order valence-corrected chi connectivity index (χ1v) is 7.35. The van der Waals surface area contributed by atoms with E-state index < -0.39 is 0 Å². The van der Waals surface area contributed by atoms with Crippen LogP contribution in [0.1, 0.15) is 42.1 Å². The van der Waals surface area contributed by atoms with Crippen LogP contribution in [-0.2, 0) is 24.9 Å². The van der Waals surface area contributed by atoms with Crippen molar-refractivity contribution in [2.75, 3.05) is 13.7 Å². The molecule has 0 N–H and O–H groups in total. The second-order valence-corrected chi connectivity index (χ2v) is 5.59. The quantitative estimate of drug-likeness (QED) is 0.845. The molecule has 2 aromatic rings. The molecule has 114 valence electrons. The van der Waals surface area contributed by atoms with Crippen molar-refractivity contribution in [3.63, 3.8) is 0 Å². The summed E-state index contributed by atoms with van der Waals surface area (Å²) in [5.41, 5.74) is 0. The van der Waals surface area contributed by atoms with E-state index in [4.69, 9.17) is 9.15 Å². The van der Waals surface area contributed by atoms with Crippen molar-refractivity contribution < 1.29 is 9.15 Å². The molecule has 0 aromatic carbocycles. The molecule has 1 aliphatic heterocycles. The van der Waals surface area contributed by atoms with E-state index in [0.717, 1.165) is 42.7 Å². The first kappa shape index (κ1) is 14.3. The molecule has 2 aromatic heterocycles. The first-order valence-electron chi connectivity index (χ1n) is 7.35. The second kappa shape index (κ2) is 5.99. The zero-order chi connectivity index (χ0) is 14.8. The Bertz CT molecular complexity index is 605. The minimum atomic E-state index is 0.326. The van der Waals surface area contributed by atoms with Crippen molar-refractivity contribution in [1.82, 2.24) is 19.7 Å². The van der Waals surface area contributed by atoms with Crippen LogP contribution in [0.15, 0.2) is 16.5 Å². The Balaban J connectivity index is 1.74. The summed E-state index contributed by atoms with van der Waals surface area (Å²) >= 11 is 0. The van der Waals surface area contributed by atoms with E-state index in [-0.39, 0.29) is 0 Å². The van der Waals surface area contributed by atoms with Crippen LogP contribution in [0.5, 0.6) is 0 Å². The Labute approximate surface area is 124 Å². The zero-order valence-electron chi connectivity index (χ0n) is 12.9. The predicted molar refractivity (Wildman–Crippen MR) is 77.5 cm³/mol. The molecule has 1 fully saturated rings. The van der Waals surface area contributed by atoms with Gasteiger partial charge in [-0.1, -0.05) is 0 Å². The van der Waals surface area contributed by atoms with Gasteiger partial charge in [-0.3, -0.25) is 4.90 Å². The molecule has 0 spiro atoms. The highest BCUT2D eigenvalue weighted by atomic mass is 16.5. The summed E-state index contributed by atoms with van der Waals surface area (Å²) in [5.74, 6) is 3.86. The van der Waals surface area contributed by atoms with Crippen molar-refractivity contribution in [3.8, 4) is 0 Å². The smallest absolute Gasteiger partial charge is 0.146 e. The van der Waals surface area contributed by atoms with E-state index in [9.17, 15) is 0 Å². The Kier molecular flexibility index (Phi) is 4.07. The van der Waals surface area contributed by atoms with Crippen LogP contribution in [-0.4, -0.2) is 33.3 Å². The van der Waals surface area contributed by atoms with Gasteiger partial charge in [0.2, 0.25) is 0 Å². The maximum atomic E-state index is 5.90. The fourth-order valence-corrected chi connectivity index (χ4v) is 2.90. The minimum Gasteiger partial charge on any atom is -0.462 e. The maximum absolute atomic E-state index is 5.90. The lowest BCUT2D eigenvalue weighted by Gasteiger charge is -2.22. The number of likely N-dealkylation sites (tertiary alicyclic amines) is 1. The van der Waals surface area contributed by atoms with Crippen molar-refractivity contribution in [3.05, 3.63) is 35.3 Å². The number of methoxy groups -OCH3 is 1. The SMILES string of the molecule is COCc1ccc(C2CCCN2Cc2nnc(C)n2C)o1. The number of nitrogens with zero attached hydrogens (tertiary/aromatic N) is 4. The van der Waals surface area contributed by atoms with Gasteiger partial charge in [0.1, 0.15) is 29.8 Å². The van der Waals surface area contributed by atoms with Gasteiger partial charge >= 0.3 is 0 Å². The number of ether oxygens (including phenoxy) is 1. The van der Waals surface area contributed by atoms with Gasteiger partial charge in [0.15, 0.2) is 0 Å². The van der Waals surface area contributed by atoms with Crippen molar-refractivity contribution >= 4 is 0 Å². The number of furan rings is 1. The van der Waals surface area contributed by atoms with E-state index in [1.165, 1.54) is 6.42 Å². The third-order valence-corrected chi connectivity index (χ3v) is 4.19. The number of rotatable bonds is 5. The van der Waals surface area contributed by atoms with Gasteiger partial charge in [-0.15, -0.1) is 10.2 Å². The van der Waals surface area contributed by atoms with Crippen LogP contribution < -0.4 is 0 Å². The average molecular weight is 290 g/mol. The van der Waals surface area contributed by atoms with Gasteiger partial charge in [0, 0.05) is 14.2 Å². The van der Waals surface area contributed by atoms with Crippen molar-refractivity contribution in [1.29, 1.82) is 0 Å². The lowest BCUT2D eigenvalue weighted by Crippen LogP contribution is -2.24. The summed E-state index contributed by atoms with van der Waals surface area (Å²) in [7, 11) is 3.69. The number of aromatic nitrogens is 3. The summed E-state index contributed by atoms with van der Waals surface area (Å²) in [6.07, 6.45) is 2.30. The van der Waals surface area contributed by atoms with E-state index in [0.29, 0.717) is 12.6 Å². The highest BCUT2D eigenvalue weighted by Gasteiger charge is 2.29. The molecule has 0 aliphatic carbocycles. The second-order valence-electron chi connectivity index (χ2n) is 5.59. The molecule has 0 radical (unpaired) electrons. The fraction of sp³-hybridized carbons (Fsp3) is 0.600. The maximum Gasteiger partial charge on any atom is 0.146 e. The molecule has 21 heavy (non-hydrogen) atoms. The molecular weight excluding hydrogens is 268 g/mol. The van der Waals surface area contributed by atoms with Gasteiger partial charge in [-0.25, -0.2) is 0 Å². The summed E-state index contributed by atoms with van der Waals surface area (Å²) in [6, 6.07) is 4.40. The largest absolute Gasteiger partial charge is 0.462 e. The molecule has 1 saturated heterocycles. The molecule has 0 saturated carbocycles. The predicted octanol–water partition coefficient (Wildman–Crippen LogP) is 2.20.